The third-order valence-corrected chi connectivity index (χ3v) is 1.33. The molecule has 0 saturated carbocycles. The van der Waals surface area contributed by atoms with Crippen LogP contribution in [-0.4, -0.2) is 25.0 Å². The summed E-state index contributed by atoms with van der Waals surface area (Å²) in [7, 11) is 4.09. The summed E-state index contributed by atoms with van der Waals surface area (Å²) < 4.78 is 0. The zero-order valence-corrected chi connectivity index (χ0v) is 6.76. The van der Waals surface area contributed by atoms with Crippen LogP contribution < -0.4 is 5.32 Å². The highest BCUT2D eigenvalue weighted by molar-refractivity contribution is 4.72. The largest absolute Gasteiger partial charge is 0.374 e. The lowest BCUT2D eigenvalue weighted by molar-refractivity contribution is -0.557. The monoisotopic (exact) mass is 129 g/mol. The summed E-state index contributed by atoms with van der Waals surface area (Å²) >= 11 is 0. The highest BCUT2D eigenvalue weighted by Crippen LogP contribution is 1.91. The number of quaternary nitrogens is 1. The van der Waals surface area contributed by atoms with Gasteiger partial charge in [-0.05, 0) is 13.8 Å². The minimum absolute atomic E-state index is 0.598. The van der Waals surface area contributed by atoms with Crippen LogP contribution in [0, 0.1) is 0 Å². The van der Waals surface area contributed by atoms with E-state index in [1.165, 1.54) is 0 Å². The fourth-order valence-electron chi connectivity index (χ4n) is 0.394. The quantitative estimate of drug-likeness (QED) is 0.568. The molecule has 0 fully saturated rings. The van der Waals surface area contributed by atoms with Crippen LogP contribution in [0.3, 0.4) is 0 Å². The van der Waals surface area contributed by atoms with Gasteiger partial charge in [0.1, 0.15) is 6.20 Å². The molecule has 0 radical (unpaired) electrons. The molecule has 0 aliphatic heterocycles. The van der Waals surface area contributed by atoms with Gasteiger partial charge in [0, 0.05) is 13.1 Å². The molecule has 2 heteroatoms. The Kier molecular flexibility index (Phi) is 4.14. The fraction of sp³-hybridized carbons (Fsp3) is 0.714. The number of hydrogen-bond acceptors (Lipinski definition) is 1. The van der Waals surface area contributed by atoms with E-state index in [9.17, 15) is 0 Å². The first kappa shape index (κ1) is 8.50. The second-order valence-corrected chi connectivity index (χ2v) is 2.43. The molecular formula is C7H17N2+. The van der Waals surface area contributed by atoms with Crippen LogP contribution in [0.1, 0.15) is 13.8 Å². The van der Waals surface area contributed by atoms with Crippen molar-refractivity contribution in [2.75, 3.05) is 14.1 Å². The van der Waals surface area contributed by atoms with Crippen molar-refractivity contribution in [3.8, 4) is 0 Å². The second-order valence-electron chi connectivity index (χ2n) is 2.43. The molecule has 0 aromatic heterocycles. The van der Waals surface area contributed by atoms with Gasteiger partial charge in [-0.3, -0.25) is 0 Å². The lowest BCUT2D eigenvalue weighted by Gasteiger charge is -2.16. The Morgan fingerprint density at radius 3 is 2.33 bits per heavy atom. The Morgan fingerprint density at radius 2 is 2.00 bits per heavy atom. The van der Waals surface area contributed by atoms with Crippen LogP contribution in [0.25, 0.3) is 0 Å². The lowest BCUT2D eigenvalue weighted by atomic mass is 10.4. The number of nitrogens with two attached hydrogens (primary N) is 1. The van der Waals surface area contributed by atoms with E-state index in [-0.39, 0.29) is 0 Å². The van der Waals surface area contributed by atoms with E-state index < -0.39 is 0 Å². The first-order valence-corrected chi connectivity index (χ1v) is 3.36. The van der Waals surface area contributed by atoms with Crippen molar-refractivity contribution in [3.63, 3.8) is 0 Å². The van der Waals surface area contributed by atoms with Gasteiger partial charge in [-0.2, -0.15) is 0 Å². The smallest absolute Gasteiger partial charge is 0.108 e. The molecule has 0 atom stereocenters. The van der Waals surface area contributed by atoms with Gasteiger partial charge in [0.05, 0.1) is 13.2 Å². The average Bonchev–Trinajstić information content (AvgIpc) is 1.82. The van der Waals surface area contributed by atoms with Crippen LogP contribution in [0.4, 0.5) is 0 Å². The predicted molar refractivity (Wildman–Crippen MR) is 39.9 cm³/mol. The third kappa shape index (κ3) is 4.03. The highest BCUT2D eigenvalue weighted by Gasteiger charge is 1.94. The maximum atomic E-state index is 2.17. The van der Waals surface area contributed by atoms with Crippen LogP contribution in [-0.2, 0) is 0 Å². The molecular weight excluding hydrogens is 112 g/mol. The molecule has 0 heterocycles. The van der Waals surface area contributed by atoms with Gasteiger partial charge in [0.15, 0.2) is 0 Å². The highest BCUT2D eigenvalue weighted by atomic mass is 15.1. The van der Waals surface area contributed by atoms with Crippen molar-refractivity contribution in [2.24, 2.45) is 0 Å². The van der Waals surface area contributed by atoms with E-state index in [4.69, 9.17) is 0 Å². The Labute approximate surface area is 57.5 Å². The molecule has 2 N–H and O–H groups in total. The zero-order valence-electron chi connectivity index (χ0n) is 6.76. The number of rotatable bonds is 3. The predicted octanol–water partition coefficient (Wildman–Crippen LogP) is -0.00900. The first-order chi connectivity index (χ1) is 4.18. The van der Waals surface area contributed by atoms with Crippen molar-refractivity contribution in [1.82, 2.24) is 4.90 Å². The molecule has 54 valence electrons. The third-order valence-electron chi connectivity index (χ3n) is 1.33. The summed E-state index contributed by atoms with van der Waals surface area (Å²) in [4.78, 5) is 2.17. The molecule has 0 bridgehead atoms. The SMILES string of the molecule is C[NH2+]/C=C\N(C)C(C)C. The summed E-state index contributed by atoms with van der Waals surface area (Å²) in [6.07, 6.45) is 4.12. The Hall–Kier alpha value is -0.500. The zero-order chi connectivity index (χ0) is 7.28. The van der Waals surface area contributed by atoms with E-state index in [0.717, 1.165) is 0 Å². The molecule has 0 saturated heterocycles. The van der Waals surface area contributed by atoms with Crippen LogP contribution >= 0.6 is 0 Å². The summed E-state index contributed by atoms with van der Waals surface area (Å²) in [5, 5.41) is 2.03. The van der Waals surface area contributed by atoms with Crippen molar-refractivity contribution >= 4 is 0 Å². The van der Waals surface area contributed by atoms with E-state index in [1.807, 2.05) is 18.6 Å². The minimum Gasteiger partial charge on any atom is -0.374 e. The fourth-order valence-corrected chi connectivity index (χ4v) is 0.394. The Morgan fingerprint density at radius 1 is 1.44 bits per heavy atom. The van der Waals surface area contributed by atoms with Crippen LogP contribution in [0.2, 0.25) is 0 Å². The molecule has 2 nitrogen and oxygen atoms in total. The molecule has 0 rings (SSSR count). The second kappa shape index (κ2) is 4.39. The molecule has 9 heavy (non-hydrogen) atoms. The molecule has 0 aromatic rings. The summed E-state index contributed by atoms with van der Waals surface area (Å²) in [5.41, 5.74) is 0. The molecule has 0 aromatic carbocycles. The summed E-state index contributed by atoms with van der Waals surface area (Å²) in [6.45, 7) is 4.33. The maximum Gasteiger partial charge on any atom is 0.108 e. The molecule has 0 spiro atoms. The van der Waals surface area contributed by atoms with Gasteiger partial charge in [-0.25, -0.2) is 0 Å². The topological polar surface area (TPSA) is 19.9 Å². The van der Waals surface area contributed by atoms with Crippen molar-refractivity contribution in [3.05, 3.63) is 12.4 Å². The Balaban J connectivity index is 3.48. The van der Waals surface area contributed by atoms with E-state index in [2.05, 4.69) is 32.0 Å². The van der Waals surface area contributed by atoms with Crippen molar-refractivity contribution in [2.45, 2.75) is 19.9 Å². The molecule has 0 aliphatic carbocycles. The standard InChI is InChI=1S/C7H16N2/c1-7(2)9(4)6-5-8-3/h5-8H,1-4H3/p+1/b6-5-. The van der Waals surface area contributed by atoms with E-state index in [1.54, 1.807) is 0 Å². The van der Waals surface area contributed by atoms with Crippen molar-refractivity contribution < 1.29 is 5.32 Å². The lowest BCUT2D eigenvalue weighted by Crippen LogP contribution is -2.72. The van der Waals surface area contributed by atoms with Gasteiger partial charge < -0.3 is 10.2 Å². The van der Waals surface area contributed by atoms with Crippen molar-refractivity contribution in [1.29, 1.82) is 0 Å². The van der Waals surface area contributed by atoms with Gasteiger partial charge in [-0.1, -0.05) is 0 Å². The van der Waals surface area contributed by atoms with Gasteiger partial charge in [0.25, 0.3) is 0 Å². The van der Waals surface area contributed by atoms with Crippen LogP contribution in [0.5, 0.6) is 0 Å². The molecule has 0 amide bonds. The summed E-state index contributed by atoms with van der Waals surface area (Å²) in [5.74, 6) is 0. The van der Waals surface area contributed by atoms with Gasteiger partial charge >= 0.3 is 0 Å². The number of hydrogen-bond donors (Lipinski definition) is 1. The number of nitrogens with zero attached hydrogens (tertiary/aromatic N) is 1. The van der Waals surface area contributed by atoms with E-state index >= 15 is 0 Å². The summed E-state index contributed by atoms with van der Waals surface area (Å²) in [6, 6.07) is 0.598. The van der Waals surface area contributed by atoms with Crippen LogP contribution in [0.15, 0.2) is 12.4 Å². The van der Waals surface area contributed by atoms with Gasteiger partial charge in [0.2, 0.25) is 0 Å². The Bertz CT molecular complexity index is 86.9. The average molecular weight is 129 g/mol. The van der Waals surface area contributed by atoms with Gasteiger partial charge in [-0.15, -0.1) is 0 Å². The molecule has 0 unspecified atom stereocenters. The minimum atomic E-state index is 0.598. The molecule has 0 aliphatic rings. The normalized spacial score (nSPS) is 11.2. The maximum absolute atomic E-state index is 2.17. The first-order valence-electron chi connectivity index (χ1n) is 3.36. The van der Waals surface area contributed by atoms with E-state index in [0.29, 0.717) is 6.04 Å².